The standard InChI is InChI=1S/C25H20N4O2S2/c30-22(29-15-14-19-8-4-5-9-21(19)29)16-32-25-28-27-24(33-25)26-23(31)20-12-10-18(11-13-20)17-6-2-1-3-7-17/h1-13H,14-16H2,(H,26,27,31). The van der Waals surface area contributed by atoms with Gasteiger partial charge in [-0.25, -0.2) is 0 Å². The maximum atomic E-state index is 12.7. The van der Waals surface area contributed by atoms with Crippen molar-refractivity contribution in [2.24, 2.45) is 0 Å². The Bertz CT molecular complexity index is 1290. The zero-order chi connectivity index (χ0) is 22.6. The third-order valence-electron chi connectivity index (χ3n) is 5.39. The maximum Gasteiger partial charge on any atom is 0.257 e. The summed E-state index contributed by atoms with van der Waals surface area (Å²) in [4.78, 5) is 27.1. The molecule has 0 radical (unpaired) electrons. The smallest absolute Gasteiger partial charge is 0.257 e. The highest BCUT2D eigenvalue weighted by atomic mass is 32.2. The summed E-state index contributed by atoms with van der Waals surface area (Å²) in [5.74, 6) is 0.0778. The second-order valence-electron chi connectivity index (χ2n) is 7.48. The molecule has 0 saturated carbocycles. The van der Waals surface area contributed by atoms with Gasteiger partial charge < -0.3 is 4.90 Å². The summed E-state index contributed by atoms with van der Waals surface area (Å²) in [7, 11) is 0. The van der Waals surface area contributed by atoms with E-state index in [1.165, 1.54) is 28.7 Å². The van der Waals surface area contributed by atoms with Gasteiger partial charge in [-0.3, -0.25) is 14.9 Å². The molecule has 8 heteroatoms. The number of fused-ring (bicyclic) bond motifs is 1. The van der Waals surface area contributed by atoms with E-state index in [1.54, 1.807) is 12.1 Å². The highest BCUT2D eigenvalue weighted by Crippen LogP contribution is 2.30. The van der Waals surface area contributed by atoms with E-state index in [-0.39, 0.29) is 17.6 Å². The maximum absolute atomic E-state index is 12.7. The van der Waals surface area contributed by atoms with Gasteiger partial charge in [0.1, 0.15) is 0 Å². The van der Waals surface area contributed by atoms with Gasteiger partial charge in [0.2, 0.25) is 11.0 Å². The Kier molecular flexibility index (Phi) is 6.19. The monoisotopic (exact) mass is 472 g/mol. The minimum absolute atomic E-state index is 0.0456. The van der Waals surface area contributed by atoms with Crippen molar-refractivity contribution < 1.29 is 9.59 Å². The summed E-state index contributed by atoms with van der Waals surface area (Å²) in [6.45, 7) is 0.708. The molecule has 1 N–H and O–H groups in total. The normalized spacial score (nSPS) is 12.4. The lowest BCUT2D eigenvalue weighted by atomic mass is 10.0. The van der Waals surface area contributed by atoms with Gasteiger partial charge in [-0.1, -0.05) is 83.8 Å². The molecule has 33 heavy (non-hydrogen) atoms. The van der Waals surface area contributed by atoms with E-state index in [0.29, 0.717) is 21.6 Å². The van der Waals surface area contributed by atoms with Crippen LogP contribution in [0, 0.1) is 0 Å². The molecule has 164 valence electrons. The molecule has 6 nitrogen and oxygen atoms in total. The number of hydrogen-bond acceptors (Lipinski definition) is 6. The van der Waals surface area contributed by atoms with Crippen molar-refractivity contribution in [1.29, 1.82) is 0 Å². The second kappa shape index (κ2) is 9.56. The molecule has 1 aliphatic heterocycles. The first-order valence-electron chi connectivity index (χ1n) is 10.5. The number of amides is 2. The first-order valence-corrected chi connectivity index (χ1v) is 12.3. The minimum Gasteiger partial charge on any atom is -0.311 e. The van der Waals surface area contributed by atoms with E-state index in [4.69, 9.17) is 0 Å². The Morgan fingerprint density at radius 2 is 1.64 bits per heavy atom. The summed E-state index contributed by atoms with van der Waals surface area (Å²) in [5.41, 5.74) is 4.89. The molecule has 0 unspecified atom stereocenters. The summed E-state index contributed by atoms with van der Waals surface area (Å²) in [6.07, 6.45) is 0.883. The van der Waals surface area contributed by atoms with Crippen molar-refractivity contribution in [3.05, 3.63) is 90.0 Å². The SMILES string of the molecule is O=C(Nc1nnc(SCC(=O)N2CCc3ccccc32)s1)c1ccc(-c2ccccc2)cc1. The number of nitrogens with zero attached hydrogens (tertiary/aromatic N) is 3. The molecule has 3 aromatic carbocycles. The third-order valence-corrected chi connectivity index (χ3v) is 7.35. The number of hydrogen-bond donors (Lipinski definition) is 1. The summed E-state index contributed by atoms with van der Waals surface area (Å²) < 4.78 is 0.644. The average molecular weight is 473 g/mol. The largest absolute Gasteiger partial charge is 0.311 e. The van der Waals surface area contributed by atoms with Gasteiger partial charge in [-0.05, 0) is 41.3 Å². The van der Waals surface area contributed by atoms with E-state index in [0.717, 1.165) is 23.2 Å². The van der Waals surface area contributed by atoms with Crippen molar-refractivity contribution in [3.8, 4) is 11.1 Å². The predicted octanol–water partition coefficient (Wildman–Crippen LogP) is 5.14. The van der Waals surface area contributed by atoms with Gasteiger partial charge in [0.05, 0.1) is 5.75 Å². The lowest BCUT2D eigenvalue weighted by Gasteiger charge is -2.16. The molecule has 1 aromatic heterocycles. The van der Waals surface area contributed by atoms with Gasteiger partial charge in [0.25, 0.3) is 5.91 Å². The van der Waals surface area contributed by atoms with Gasteiger partial charge >= 0.3 is 0 Å². The van der Waals surface area contributed by atoms with Crippen LogP contribution < -0.4 is 10.2 Å². The molecule has 0 fully saturated rings. The Labute approximate surface area is 199 Å². The zero-order valence-corrected chi connectivity index (χ0v) is 19.2. The zero-order valence-electron chi connectivity index (χ0n) is 17.6. The van der Waals surface area contributed by atoms with Crippen LogP contribution in [0.5, 0.6) is 0 Å². The lowest BCUT2D eigenvalue weighted by Crippen LogP contribution is -2.30. The van der Waals surface area contributed by atoms with Crippen LogP contribution in [0.2, 0.25) is 0 Å². The number of nitrogens with one attached hydrogen (secondary N) is 1. The van der Waals surface area contributed by atoms with E-state index >= 15 is 0 Å². The van der Waals surface area contributed by atoms with Gasteiger partial charge in [0.15, 0.2) is 4.34 Å². The summed E-state index contributed by atoms with van der Waals surface area (Å²) >= 11 is 2.60. The number of anilines is 2. The fourth-order valence-corrected chi connectivity index (χ4v) is 5.35. The quantitative estimate of drug-likeness (QED) is 0.311. The second-order valence-corrected chi connectivity index (χ2v) is 9.68. The Hall–Kier alpha value is -3.49. The number of para-hydroxylation sites is 1. The van der Waals surface area contributed by atoms with Crippen LogP contribution in [0.25, 0.3) is 11.1 Å². The molecule has 0 aliphatic carbocycles. The van der Waals surface area contributed by atoms with E-state index in [2.05, 4.69) is 21.6 Å². The van der Waals surface area contributed by atoms with E-state index < -0.39 is 0 Å². The minimum atomic E-state index is -0.243. The van der Waals surface area contributed by atoms with Crippen LogP contribution in [0.3, 0.4) is 0 Å². The van der Waals surface area contributed by atoms with Gasteiger partial charge in [-0.15, -0.1) is 10.2 Å². The molecule has 0 atom stereocenters. The fraction of sp³-hybridized carbons (Fsp3) is 0.120. The van der Waals surface area contributed by atoms with Crippen molar-refractivity contribution in [2.75, 3.05) is 22.5 Å². The van der Waals surface area contributed by atoms with E-state index in [1.807, 2.05) is 65.6 Å². The molecular weight excluding hydrogens is 452 g/mol. The first-order chi connectivity index (χ1) is 16.2. The van der Waals surface area contributed by atoms with E-state index in [9.17, 15) is 9.59 Å². The predicted molar refractivity (Wildman–Crippen MR) is 133 cm³/mol. The number of aromatic nitrogens is 2. The fourth-order valence-electron chi connectivity index (χ4n) is 3.73. The number of rotatable bonds is 6. The summed E-state index contributed by atoms with van der Waals surface area (Å²) in [6, 6.07) is 25.4. The number of benzene rings is 3. The first kappa shape index (κ1) is 21.4. The molecular formula is C25H20N4O2S2. The number of thioether (sulfide) groups is 1. The lowest BCUT2D eigenvalue weighted by molar-refractivity contribution is -0.116. The Balaban J connectivity index is 1.16. The Morgan fingerprint density at radius 3 is 2.45 bits per heavy atom. The molecule has 1 aliphatic rings. The van der Waals surface area contributed by atoms with Crippen LogP contribution >= 0.6 is 23.1 Å². The van der Waals surface area contributed by atoms with Crippen LogP contribution in [-0.4, -0.2) is 34.3 Å². The molecule has 2 heterocycles. The number of carbonyl (C=O) groups excluding carboxylic acids is 2. The van der Waals surface area contributed by atoms with Gasteiger partial charge in [0, 0.05) is 17.8 Å². The molecule has 0 spiro atoms. The van der Waals surface area contributed by atoms with Crippen molar-refractivity contribution in [1.82, 2.24) is 10.2 Å². The van der Waals surface area contributed by atoms with Crippen LogP contribution in [0.1, 0.15) is 15.9 Å². The number of carbonyl (C=O) groups is 2. The molecule has 0 bridgehead atoms. The third kappa shape index (κ3) is 4.81. The summed E-state index contributed by atoms with van der Waals surface area (Å²) in [5, 5.41) is 11.4. The van der Waals surface area contributed by atoms with Gasteiger partial charge in [-0.2, -0.15) is 0 Å². The molecule has 2 amide bonds. The van der Waals surface area contributed by atoms with Crippen molar-refractivity contribution >= 4 is 45.7 Å². The van der Waals surface area contributed by atoms with Crippen LogP contribution in [0.4, 0.5) is 10.8 Å². The van der Waals surface area contributed by atoms with Crippen molar-refractivity contribution in [3.63, 3.8) is 0 Å². The topological polar surface area (TPSA) is 75.2 Å². The molecule has 5 rings (SSSR count). The van der Waals surface area contributed by atoms with Crippen molar-refractivity contribution in [2.45, 2.75) is 10.8 Å². The highest BCUT2D eigenvalue weighted by Gasteiger charge is 2.24. The van der Waals surface area contributed by atoms with Crippen LogP contribution in [-0.2, 0) is 11.2 Å². The van der Waals surface area contributed by atoms with Crippen LogP contribution in [0.15, 0.2) is 83.2 Å². The Morgan fingerprint density at radius 1 is 0.909 bits per heavy atom. The average Bonchev–Trinajstić information content (AvgIpc) is 3.50. The molecule has 0 saturated heterocycles. The highest BCUT2D eigenvalue weighted by molar-refractivity contribution is 8.01. The molecule has 4 aromatic rings.